The Labute approximate surface area is 189 Å². The lowest BCUT2D eigenvalue weighted by molar-refractivity contribution is 0.102. The fourth-order valence-electron chi connectivity index (χ4n) is 3.40. The van der Waals surface area contributed by atoms with E-state index >= 15 is 0 Å². The van der Waals surface area contributed by atoms with Gasteiger partial charge in [-0.1, -0.05) is 32.9 Å². The standard InChI is InChI=1S/C26H31N3O3/c1-17-13-22(24(27)29-23(17)16-31-5)25(30)28-19-9-11-20(12-10-19)32-21-8-6-7-18(14-21)15-26(2,3)4/h6-14H,15-16H2,1-5H3,(H2,27,29)(H,28,30). The number of hydrogen-bond acceptors (Lipinski definition) is 5. The number of nitrogen functional groups attached to an aromatic ring is 1. The van der Waals surface area contributed by atoms with Gasteiger partial charge in [0.25, 0.3) is 5.91 Å². The fraction of sp³-hybridized carbons (Fsp3) is 0.308. The highest BCUT2D eigenvalue weighted by molar-refractivity contribution is 6.07. The predicted octanol–water partition coefficient (Wildman–Crippen LogP) is 5.75. The molecule has 3 rings (SSSR count). The zero-order valence-electron chi connectivity index (χ0n) is 19.4. The molecule has 0 aliphatic rings. The van der Waals surface area contributed by atoms with Gasteiger partial charge in [0.05, 0.1) is 17.9 Å². The smallest absolute Gasteiger partial charge is 0.259 e. The number of benzene rings is 2. The largest absolute Gasteiger partial charge is 0.457 e. The quantitative estimate of drug-likeness (QED) is 0.495. The van der Waals surface area contributed by atoms with Crippen molar-refractivity contribution in [3.05, 3.63) is 77.0 Å². The molecule has 32 heavy (non-hydrogen) atoms. The Morgan fingerprint density at radius 3 is 2.44 bits per heavy atom. The van der Waals surface area contributed by atoms with Crippen LogP contribution in [0.5, 0.6) is 11.5 Å². The predicted molar refractivity (Wildman–Crippen MR) is 128 cm³/mol. The molecule has 0 fully saturated rings. The molecule has 168 valence electrons. The highest BCUT2D eigenvalue weighted by Gasteiger charge is 2.15. The van der Waals surface area contributed by atoms with Crippen LogP contribution in [0.1, 0.15) is 48.0 Å². The van der Waals surface area contributed by atoms with E-state index in [0.29, 0.717) is 23.6 Å². The number of carbonyl (C=O) groups excluding carboxylic acids is 1. The lowest BCUT2D eigenvalue weighted by Crippen LogP contribution is -2.16. The van der Waals surface area contributed by atoms with Gasteiger partial charge in [0.15, 0.2) is 0 Å². The van der Waals surface area contributed by atoms with Crippen molar-refractivity contribution in [2.75, 3.05) is 18.2 Å². The molecule has 0 bridgehead atoms. The van der Waals surface area contributed by atoms with Crippen LogP contribution in [0.25, 0.3) is 0 Å². The summed E-state index contributed by atoms with van der Waals surface area (Å²) >= 11 is 0. The van der Waals surface area contributed by atoms with Gasteiger partial charge in [0.2, 0.25) is 0 Å². The van der Waals surface area contributed by atoms with E-state index in [1.165, 1.54) is 5.56 Å². The molecule has 2 aromatic carbocycles. The Balaban J connectivity index is 1.67. The second-order valence-electron chi connectivity index (χ2n) is 9.08. The fourth-order valence-corrected chi connectivity index (χ4v) is 3.40. The van der Waals surface area contributed by atoms with Crippen molar-refractivity contribution >= 4 is 17.4 Å². The van der Waals surface area contributed by atoms with Crippen molar-refractivity contribution in [3.63, 3.8) is 0 Å². The molecule has 6 heteroatoms. The molecule has 0 saturated heterocycles. The Bertz CT molecular complexity index is 1090. The van der Waals surface area contributed by atoms with Gasteiger partial charge >= 0.3 is 0 Å². The Kier molecular flexibility index (Phi) is 7.15. The van der Waals surface area contributed by atoms with Gasteiger partial charge in [-0.3, -0.25) is 4.79 Å². The van der Waals surface area contributed by atoms with Crippen LogP contribution in [0.3, 0.4) is 0 Å². The molecule has 3 aromatic rings. The van der Waals surface area contributed by atoms with Crippen LogP contribution in [0.15, 0.2) is 54.6 Å². The third-order valence-electron chi connectivity index (χ3n) is 4.85. The maximum Gasteiger partial charge on any atom is 0.259 e. The number of aryl methyl sites for hydroxylation is 1. The average Bonchev–Trinajstić information content (AvgIpc) is 2.71. The van der Waals surface area contributed by atoms with Crippen LogP contribution in [0, 0.1) is 12.3 Å². The van der Waals surface area contributed by atoms with E-state index in [-0.39, 0.29) is 17.1 Å². The third-order valence-corrected chi connectivity index (χ3v) is 4.85. The summed E-state index contributed by atoms with van der Waals surface area (Å²) in [5, 5.41) is 2.86. The van der Waals surface area contributed by atoms with Gasteiger partial charge in [0, 0.05) is 12.8 Å². The molecule has 6 nitrogen and oxygen atoms in total. The Morgan fingerprint density at radius 2 is 1.78 bits per heavy atom. The highest BCUT2D eigenvalue weighted by Crippen LogP contribution is 2.27. The molecular formula is C26H31N3O3. The van der Waals surface area contributed by atoms with E-state index in [1.807, 2.05) is 31.2 Å². The van der Waals surface area contributed by atoms with Crippen molar-refractivity contribution in [2.24, 2.45) is 5.41 Å². The van der Waals surface area contributed by atoms with E-state index in [9.17, 15) is 4.79 Å². The third kappa shape index (κ3) is 6.31. The number of aromatic nitrogens is 1. The Morgan fingerprint density at radius 1 is 1.06 bits per heavy atom. The van der Waals surface area contributed by atoms with E-state index < -0.39 is 0 Å². The number of nitrogens with zero attached hydrogens (tertiary/aromatic N) is 1. The maximum atomic E-state index is 12.7. The molecule has 1 amide bonds. The van der Waals surface area contributed by atoms with Gasteiger partial charge in [-0.15, -0.1) is 0 Å². The van der Waals surface area contributed by atoms with Gasteiger partial charge in [-0.2, -0.15) is 0 Å². The van der Waals surface area contributed by atoms with Crippen molar-refractivity contribution < 1.29 is 14.3 Å². The molecule has 0 aliphatic carbocycles. The molecule has 0 aliphatic heterocycles. The van der Waals surface area contributed by atoms with Crippen LogP contribution in [-0.4, -0.2) is 18.0 Å². The molecule has 3 N–H and O–H groups in total. The summed E-state index contributed by atoms with van der Waals surface area (Å²) in [7, 11) is 1.59. The summed E-state index contributed by atoms with van der Waals surface area (Å²) in [6.45, 7) is 8.87. The first-order chi connectivity index (χ1) is 15.1. The number of carbonyl (C=O) groups is 1. The second-order valence-corrected chi connectivity index (χ2v) is 9.08. The minimum Gasteiger partial charge on any atom is -0.457 e. The lowest BCUT2D eigenvalue weighted by Gasteiger charge is -2.18. The molecular weight excluding hydrogens is 402 g/mol. The van der Waals surface area contributed by atoms with E-state index in [1.54, 1.807) is 25.3 Å². The number of nitrogens with one attached hydrogen (secondary N) is 1. The topological polar surface area (TPSA) is 86.5 Å². The summed E-state index contributed by atoms with van der Waals surface area (Å²) in [4.78, 5) is 17.0. The van der Waals surface area contributed by atoms with Gasteiger partial charge in [-0.25, -0.2) is 4.98 Å². The lowest BCUT2D eigenvalue weighted by atomic mass is 9.88. The monoisotopic (exact) mass is 433 g/mol. The SMILES string of the molecule is COCc1nc(N)c(C(=O)Nc2ccc(Oc3cccc(CC(C)(C)C)c3)cc2)cc1C. The number of nitrogens with two attached hydrogens (primary N) is 1. The zero-order chi connectivity index (χ0) is 23.3. The summed E-state index contributed by atoms with van der Waals surface area (Å²) < 4.78 is 11.1. The molecule has 0 saturated carbocycles. The number of methoxy groups -OCH3 is 1. The number of pyridine rings is 1. The minimum absolute atomic E-state index is 0.176. The summed E-state index contributed by atoms with van der Waals surface area (Å²) in [6, 6.07) is 17.1. The van der Waals surface area contributed by atoms with Gasteiger partial charge < -0.3 is 20.5 Å². The zero-order valence-corrected chi connectivity index (χ0v) is 19.4. The Hall–Kier alpha value is -3.38. The highest BCUT2D eigenvalue weighted by atomic mass is 16.5. The molecule has 0 unspecified atom stereocenters. The summed E-state index contributed by atoms with van der Waals surface area (Å²) in [5.41, 5.74) is 9.97. The molecule has 0 atom stereocenters. The van der Waals surface area contributed by atoms with Crippen molar-refractivity contribution in [1.29, 1.82) is 0 Å². The van der Waals surface area contributed by atoms with Crippen LogP contribution in [0.2, 0.25) is 0 Å². The van der Waals surface area contributed by atoms with Gasteiger partial charge in [-0.05, 0) is 72.4 Å². The molecule has 0 radical (unpaired) electrons. The molecule has 1 heterocycles. The maximum absolute atomic E-state index is 12.7. The van der Waals surface area contributed by atoms with Crippen LogP contribution in [0.4, 0.5) is 11.5 Å². The van der Waals surface area contributed by atoms with Crippen LogP contribution < -0.4 is 15.8 Å². The van der Waals surface area contributed by atoms with Crippen molar-refractivity contribution in [2.45, 2.75) is 40.7 Å². The molecule has 0 spiro atoms. The van der Waals surface area contributed by atoms with Crippen molar-refractivity contribution in [1.82, 2.24) is 4.98 Å². The number of anilines is 2. The normalized spacial score (nSPS) is 11.3. The van der Waals surface area contributed by atoms with E-state index in [4.69, 9.17) is 15.2 Å². The number of ether oxygens (including phenoxy) is 2. The second kappa shape index (κ2) is 9.83. The van der Waals surface area contributed by atoms with E-state index in [2.05, 4.69) is 43.2 Å². The van der Waals surface area contributed by atoms with Gasteiger partial charge in [0.1, 0.15) is 17.3 Å². The minimum atomic E-state index is -0.314. The molecule has 1 aromatic heterocycles. The van der Waals surface area contributed by atoms with Crippen LogP contribution >= 0.6 is 0 Å². The first kappa shape index (κ1) is 23.3. The number of rotatable bonds is 7. The summed E-state index contributed by atoms with van der Waals surface area (Å²) in [5.74, 6) is 1.34. The summed E-state index contributed by atoms with van der Waals surface area (Å²) in [6.07, 6.45) is 0.971. The number of amides is 1. The van der Waals surface area contributed by atoms with Crippen molar-refractivity contribution in [3.8, 4) is 11.5 Å². The first-order valence-corrected chi connectivity index (χ1v) is 10.6. The van der Waals surface area contributed by atoms with Crippen LogP contribution in [-0.2, 0) is 17.8 Å². The van der Waals surface area contributed by atoms with E-state index in [0.717, 1.165) is 23.4 Å². The first-order valence-electron chi connectivity index (χ1n) is 10.6. The number of hydrogen-bond donors (Lipinski definition) is 2. The average molecular weight is 434 g/mol.